The van der Waals surface area contributed by atoms with Gasteiger partial charge in [0.1, 0.15) is 5.41 Å². The van der Waals surface area contributed by atoms with Crippen LogP contribution in [0.5, 0.6) is 0 Å². The number of carbonyl (C=O) groups is 2. The van der Waals surface area contributed by atoms with E-state index < -0.39 is 29.6 Å². The Labute approximate surface area is 145 Å². The predicted octanol–water partition coefficient (Wildman–Crippen LogP) is 3.72. The molecule has 0 aliphatic heterocycles. The van der Waals surface area contributed by atoms with Crippen molar-refractivity contribution in [2.45, 2.75) is 84.8 Å². The molecule has 0 aromatic heterocycles. The highest BCUT2D eigenvalue weighted by Gasteiger charge is 2.49. The van der Waals surface area contributed by atoms with Crippen molar-refractivity contribution in [3.8, 4) is 0 Å². The molecule has 0 aliphatic carbocycles. The molecule has 24 heavy (non-hydrogen) atoms. The van der Waals surface area contributed by atoms with Crippen LogP contribution in [0.4, 0.5) is 0 Å². The normalized spacial score (nSPS) is 16.3. The molecule has 0 heterocycles. The minimum atomic E-state index is -1.06. The maximum atomic E-state index is 12.1. The molecule has 6 nitrogen and oxygen atoms in total. The summed E-state index contributed by atoms with van der Waals surface area (Å²) in [5.74, 6) is -1.65. The average molecular weight is 346 g/mol. The van der Waals surface area contributed by atoms with Crippen molar-refractivity contribution in [3.63, 3.8) is 0 Å². The number of unbranched alkanes of at least 4 members (excludes halogenated alkanes) is 4. The standard InChI is InChI=1S/C18H34O6/c1-5-23-14(3)18(17(21)22,15(4)24-6-2)13-11-9-7-8-10-12-16(19)20/h14-15H,5-13H2,1-4H3,(H,19,20)(H,21,22). The molecule has 0 aromatic rings. The van der Waals surface area contributed by atoms with Crippen LogP contribution in [0.25, 0.3) is 0 Å². The number of carboxylic acid groups (broad SMARTS) is 2. The molecule has 0 bridgehead atoms. The highest BCUT2D eigenvalue weighted by atomic mass is 16.5. The highest BCUT2D eigenvalue weighted by Crippen LogP contribution is 2.37. The van der Waals surface area contributed by atoms with Crippen LogP contribution < -0.4 is 0 Å². The lowest BCUT2D eigenvalue weighted by atomic mass is 9.73. The molecule has 0 saturated heterocycles. The van der Waals surface area contributed by atoms with Gasteiger partial charge in [0, 0.05) is 19.6 Å². The summed E-state index contributed by atoms with van der Waals surface area (Å²) in [6.07, 6.45) is 3.89. The van der Waals surface area contributed by atoms with E-state index in [0.29, 0.717) is 26.1 Å². The van der Waals surface area contributed by atoms with Crippen molar-refractivity contribution >= 4 is 11.9 Å². The zero-order valence-corrected chi connectivity index (χ0v) is 15.5. The van der Waals surface area contributed by atoms with Crippen molar-refractivity contribution in [1.82, 2.24) is 0 Å². The Kier molecular flexibility index (Phi) is 11.7. The number of rotatable bonds is 15. The first-order valence-corrected chi connectivity index (χ1v) is 9.01. The lowest BCUT2D eigenvalue weighted by Gasteiger charge is -2.39. The molecule has 0 spiro atoms. The number of carboxylic acids is 2. The van der Waals surface area contributed by atoms with Gasteiger partial charge in [0.2, 0.25) is 0 Å². The maximum absolute atomic E-state index is 12.1. The Hall–Kier alpha value is -1.14. The molecule has 2 atom stereocenters. The lowest BCUT2D eigenvalue weighted by molar-refractivity contribution is -0.177. The first kappa shape index (κ1) is 22.9. The summed E-state index contributed by atoms with van der Waals surface area (Å²) in [4.78, 5) is 22.5. The molecule has 0 radical (unpaired) electrons. The average Bonchev–Trinajstić information content (AvgIpc) is 2.49. The third-order valence-corrected chi connectivity index (χ3v) is 4.66. The fourth-order valence-electron chi connectivity index (χ4n) is 3.21. The highest BCUT2D eigenvalue weighted by molar-refractivity contribution is 5.76. The zero-order chi connectivity index (χ0) is 18.6. The van der Waals surface area contributed by atoms with E-state index in [1.54, 1.807) is 13.8 Å². The number of ether oxygens (including phenoxy) is 2. The van der Waals surface area contributed by atoms with Gasteiger partial charge in [-0.15, -0.1) is 0 Å². The van der Waals surface area contributed by atoms with Crippen LogP contribution >= 0.6 is 0 Å². The van der Waals surface area contributed by atoms with E-state index in [1.807, 2.05) is 13.8 Å². The van der Waals surface area contributed by atoms with Crippen molar-refractivity contribution in [2.24, 2.45) is 5.41 Å². The molecule has 2 unspecified atom stereocenters. The predicted molar refractivity (Wildman–Crippen MR) is 92.2 cm³/mol. The molecular formula is C18H34O6. The van der Waals surface area contributed by atoms with Crippen LogP contribution in [0.2, 0.25) is 0 Å². The molecule has 2 N–H and O–H groups in total. The summed E-state index contributed by atoms with van der Waals surface area (Å²) in [6.45, 7) is 8.25. The molecule has 0 saturated carbocycles. The molecule has 142 valence electrons. The molecule has 0 amide bonds. The summed E-state index contributed by atoms with van der Waals surface area (Å²) in [6, 6.07) is 0. The Balaban J connectivity index is 4.69. The van der Waals surface area contributed by atoms with Gasteiger partial charge in [-0.05, 0) is 40.5 Å². The van der Waals surface area contributed by atoms with Crippen LogP contribution in [0.3, 0.4) is 0 Å². The second kappa shape index (κ2) is 12.3. The van der Waals surface area contributed by atoms with Crippen molar-refractivity contribution in [3.05, 3.63) is 0 Å². The van der Waals surface area contributed by atoms with E-state index in [1.165, 1.54) is 0 Å². The second-order valence-electron chi connectivity index (χ2n) is 6.20. The fraction of sp³-hybridized carbons (Fsp3) is 0.889. The van der Waals surface area contributed by atoms with Gasteiger partial charge in [0.05, 0.1) is 12.2 Å². The number of hydrogen-bond acceptors (Lipinski definition) is 4. The van der Waals surface area contributed by atoms with Gasteiger partial charge >= 0.3 is 11.9 Å². The van der Waals surface area contributed by atoms with Crippen LogP contribution in [0.15, 0.2) is 0 Å². The largest absolute Gasteiger partial charge is 0.481 e. The Morgan fingerprint density at radius 3 is 1.75 bits per heavy atom. The molecule has 0 rings (SSSR count). The van der Waals surface area contributed by atoms with E-state index >= 15 is 0 Å². The van der Waals surface area contributed by atoms with Gasteiger partial charge in [0.25, 0.3) is 0 Å². The number of aliphatic carboxylic acids is 2. The zero-order valence-electron chi connectivity index (χ0n) is 15.5. The Morgan fingerprint density at radius 1 is 0.875 bits per heavy atom. The monoisotopic (exact) mass is 346 g/mol. The van der Waals surface area contributed by atoms with Crippen molar-refractivity contribution in [2.75, 3.05) is 13.2 Å². The molecule has 0 aromatic carbocycles. The number of hydrogen-bond donors (Lipinski definition) is 2. The quantitative estimate of drug-likeness (QED) is 0.439. The van der Waals surface area contributed by atoms with Gasteiger partial charge in [-0.1, -0.05) is 25.7 Å². The smallest absolute Gasteiger partial charge is 0.314 e. The first-order valence-electron chi connectivity index (χ1n) is 9.01. The van der Waals surface area contributed by atoms with Crippen molar-refractivity contribution in [1.29, 1.82) is 0 Å². The van der Waals surface area contributed by atoms with E-state index in [2.05, 4.69) is 0 Å². The van der Waals surface area contributed by atoms with Gasteiger partial charge < -0.3 is 19.7 Å². The fourth-order valence-corrected chi connectivity index (χ4v) is 3.21. The van der Waals surface area contributed by atoms with Crippen LogP contribution in [0.1, 0.15) is 72.6 Å². The third-order valence-electron chi connectivity index (χ3n) is 4.66. The summed E-state index contributed by atoms with van der Waals surface area (Å²) in [5, 5.41) is 18.5. The lowest BCUT2D eigenvalue weighted by Crippen LogP contribution is -2.51. The van der Waals surface area contributed by atoms with Gasteiger partial charge in [-0.25, -0.2) is 0 Å². The van der Waals surface area contributed by atoms with Crippen molar-refractivity contribution < 1.29 is 29.3 Å². The van der Waals surface area contributed by atoms with E-state index in [0.717, 1.165) is 25.7 Å². The van der Waals surface area contributed by atoms with E-state index in [-0.39, 0.29) is 6.42 Å². The first-order chi connectivity index (χ1) is 11.3. The SMILES string of the molecule is CCOC(C)C(CCCCCCCC(=O)O)(C(=O)O)C(C)OCC. The molecule has 0 aliphatic rings. The van der Waals surface area contributed by atoms with Gasteiger partial charge in [0.15, 0.2) is 0 Å². The van der Waals surface area contributed by atoms with Crippen LogP contribution in [-0.2, 0) is 19.1 Å². The minimum absolute atomic E-state index is 0.196. The Bertz CT molecular complexity index is 357. The topological polar surface area (TPSA) is 93.1 Å². The van der Waals surface area contributed by atoms with Crippen LogP contribution in [0, 0.1) is 5.41 Å². The summed E-state index contributed by atoms with van der Waals surface area (Å²) in [5.41, 5.74) is -1.06. The van der Waals surface area contributed by atoms with Crippen LogP contribution in [-0.4, -0.2) is 47.6 Å². The summed E-state index contributed by atoms with van der Waals surface area (Å²) >= 11 is 0. The molecule has 6 heteroatoms. The van der Waals surface area contributed by atoms with E-state index in [9.17, 15) is 14.7 Å². The van der Waals surface area contributed by atoms with E-state index in [4.69, 9.17) is 14.6 Å². The van der Waals surface area contributed by atoms with Gasteiger partial charge in [-0.3, -0.25) is 9.59 Å². The second-order valence-corrected chi connectivity index (χ2v) is 6.20. The summed E-state index contributed by atoms with van der Waals surface area (Å²) in [7, 11) is 0. The molecular weight excluding hydrogens is 312 g/mol. The summed E-state index contributed by atoms with van der Waals surface area (Å²) < 4.78 is 11.3. The Morgan fingerprint density at radius 2 is 1.33 bits per heavy atom. The third kappa shape index (κ3) is 7.18. The van der Waals surface area contributed by atoms with Gasteiger partial charge in [-0.2, -0.15) is 0 Å². The molecule has 0 fully saturated rings. The minimum Gasteiger partial charge on any atom is -0.481 e. The maximum Gasteiger partial charge on any atom is 0.314 e.